The van der Waals surface area contributed by atoms with E-state index in [1.807, 2.05) is 6.92 Å². The van der Waals surface area contributed by atoms with Crippen LogP contribution in [0.3, 0.4) is 0 Å². The first-order valence-electron chi connectivity index (χ1n) is 4.40. The van der Waals surface area contributed by atoms with Crippen LogP contribution in [0.4, 0.5) is 4.39 Å². The number of nitrogens with two attached hydrogens (primary N) is 1. The lowest BCUT2D eigenvalue weighted by Crippen LogP contribution is -2.38. The fourth-order valence-electron chi connectivity index (χ4n) is 1.38. The number of rotatable bonds is 2. The van der Waals surface area contributed by atoms with Crippen molar-refractivity contribution in [2.45, 2.75) is 25.7 Å². The van der Waals surface area contributed by atoms with Gasteiger partial charge in [0.2, 0.25) is 0 Å². The average Bonchev–Trinajstić information content (AvgIpc) is 2.51. The smallest absolute Gasteiger partial charge is 0.297 e. The number of fused-ring (bicyclic) bond motifs is 1. The van der Waals surface area contributed by atoms with Crippen molar-refractivity contribution in [3.8, 4) is 0 Å². The van der Waals surface area contributed by atoms with Crippen molar-refractivity contribution in [2.75, 3.05) is 0 Å². The van der Waals surface area contributed by atoms with Crippen molar-refractivity contribution >= 4 is 23.7 Å². The van der Waals surface area contributed by atoms with Crippen molar-refractivity contribution in [2.24, 2.45) is 25.7 Å². The van der Waals surface area contributed by atoms with Gasteiger partial charge in [-0.05, 0) is 6.42 Å². The Labute approximate surface area is 80.4 Å². The maximum Gasteiger partial charge on any atom is 0.297 e. The second-order valence-corrected chi connectivity index (χ2v) is 3.12. The van der Waals surface area contributed by atoms with Gasteiger partial charge in [0.25, 0.3) is 5.92 Å². The molecule has 2 aliphatic heterocycles. The average molecular weight is 195 g/mol. The van der Waals surface area contributed by atoms with Gasteiger partial charge in [0.1, 0.15) is 6.34 Å². The van der Waals surface area contributed by atoms with Crippen molar-refractivity contribution < 1.29 is 4.39 Å². The molecule has 0 saturated carbocycles. The van der Waals surface area contributed by atoms with Crippen LogP contribution < -0.4 is 5.73 Å². The molecule has 14 heavy (non-hydrogen) atoms. The SMILES string of the molecule is CCCC1(F)N=C(N)C2=NC=NC2=N1. The molecule has 5 nitrogen and oxygen atoms in total. The molecule has 2 aliphatic rings. The molecule has 0 radical (unpaired) electrons. The normalized spacial score (nSPS) is 29.4. The van der Waals surface area contributed by atoms with Gasteiger partial charge in [-0.3, -0.25) is 0 Å². The van der Waals surface area contributed by atoms with Crippen LogP contribution in [0.25, 0.3) is 0 Å². The van der Waals surface area contributed by atoms with Gasteiger partial charge >= 0.3 is 0 Å². The quantitative estimate of drug-likeness (QED) is 0.646. The van der Waals surface area contributed by atoms with E-state index >= 15 is 0 Å². The molecule has 0 bridgehead atoms. The van der Waals surface area contributed by atoms with Crippen LogP contribution in [0.15, 0.2) is 20.0 Å². The predicted molar refractivity (Wildman–Crippen MR) is 53.7 cm³/mol. The summed E-state index contributed by atoms with van der Waals surface area (Å²) >= 11 is 0. The summed E-state index contributed by atoms with van der Waals surface area (Å²) < 4.78 is 13.9. The number of nitrogens with zero attached hydrogens (tertiary/aromatic N) is 4. The number of hydrogen-bond acceptors (Lipinski definition) is 5. The Kier molecular flexibility index (Phi) is 1.90. The van der Waals surface area contributed by atoms with Crippen molar-refractivity contribution in [1.82, 2.24) is 0 Å². The van der Waals surface area contributed by atoms with E-state index in [2.05, 4.69) is 20.0 Å². The summed E-state index contributed by atoms with van der Waals surface area (Å²) in [4.78, 5) is 15.1. The Morgan fingerprint density at radius 1 is 1.50 bits per heavy atom. The highest BCUT2D eigenvalue weighted by molar-refractivity contribution is 6.70. The van der Waals surface area contributed by atoms with Crippen LogP contribution in [0, 0.1) is 0 Å². The molecule has 6 heteroatoms. The van der Waals surface area contributed by atoms with Gasteiger partial charge in [0.05, 0.1) is 0 Å². The maximum atomic E-state index is 13.9. The molecule has 0 amide bonds. The van der Waals surface area contributed by atoms with Crippen LogP contribution in [0.1, 0.15) is 19.8 Å². The lowest BCUT2D eigenvalue weighted by atomic mass is 10.2. The Hall–Kier alpha value is -1.59. The van der Waals surface area contributed by atoms with Gasteiger partial charge in [0, 0.05) is 6.42 Å². The number of alkyl halides is 1. The third kappa shape index (κ3) is 1.32. The number of halogens is 1. The molecule has 0 aliphatic carbocycles. The zero-order valence-corrected chi connectivity index (χ0v) is 7.74. The highest BCUT2D eigenvalue weighted by Crippen LogP contribution is 2.26. The van der Waals surface area contributed by atoms with Gasteiger partial charge in [-0.2, -0.15) is 4.39 Å². The third-order valence-corrected chi connectivity index (χ3v) is 1.96. The number of amidine groups is 2. The molecule has 1 unspecified atom stereocenters. The molecular formula is C8H10FN5. The zero-order valence-electron chi connectivity index (χ0n) is 7.74. The first kappa shape index (κ1) is 8.98. The van der Waals surface area contributed by atoms with E-state index in [4.69, 9.17) is 5.73 Å². The summed E-state index contributed by atoms with van der Waals surface area (Å²) in [6.45, 7) is 1.86. The van der Waals surface area contributed by atoms with E-state index in [1.165, 1.54) is 6.34 Å². The van der Waals surface area contributed by atoms with Gasteiger partial charge in [-0.15, -0.1) is 0 Å². The second kappa shape index (κ2) is 2.97. The minimum Gasteiger partial charge on any atom is -0.382 e. The first-order valence-corrected chi connectivity index (χ1v) is 4.40. The Morgan fingerprint density at radius 3 is 3.00 bits per heavy atom. The first-order chi connectivity index (χ1) is 6.64. The molecule has 0 fully saturated rings. The van der Waals surface area contributed by atoms with Crippen LogP contribution >= 0.6 is 0 Å². The minimum atomic E-state index is -1.95. The monoisotopic (exact) mass is 195 g/mol. The second-order valence-electron chi connectivity index (χ2n) is 3.12. The molecule has 2 rings (SSSR count). The molecule has 0 aromatic rings. The minimum absolute atomic E-state index is 0.0726. The van der Waals surface area contributed by atoms with Gasteiger partial charge in [0.15, 0.2) is 17.4 Å². The predicted octanol–water partition coefficient (Wildman–Crippen LogP) is 0.662. The number of hydrogen-bond donors (Lipinski definition) is 1. The van der Waals surface area contributed by atoms with Crippen LogP contribution in [0.5, 0.6) is 0 Å². The molecule has 0 spiro atoms. The Morgan fingerprint density at radius 2 is 2.29 bits per heavy atom. The Bertz CT molecular complexity index is 381. The van der Waals surface area contributed by atoms with Crippen LogP contribution in [-0.2, 0) is 0 Å². The zero-order chi connectivity index (χ0) is 10.2. The van der Waals surface area contributed by atoms with E-state index in [1.54, 1.807) is 0 Å². The fourth-order valence-corrected chi connectivity index (χ4v) is 1.38. The molecular weight excluding hydrogens is 185 g/mol. The Balaban J connectivity index is 2.37. The van der Waals surface area contributed by atoms with E-state index in [0.717, 1.165) is 0 Å². The fraction of sp³-hybridized carbons (Fsp3) is 0.500. The van der Waals surface area contributed by atoms with Crippen molar-refractivity contribution in [1.29, 1.82) is 0 Å². The maximum absolute atomic E-state index is 13.9. The summed E-state index contributed by atoms with van der Waals surface area (Å²) in [5, 5.41) is 0. The van der Waals surface area contributed by atoms with E-state index in [0.29, 0.717) is 12.1 Å². The summed E-state index contributed by atoms with van der Waals surface area (Å²) in [5.41, 5.74) is 5.91. The summed E-state index contributed by atoms with van der Waals surface area (Å²) in [6.07, 6.45) is 2.15. The standard InChI is InChI=1S/C8H10FN5/c1-2-3-8(9)13-6(10)5-7(14-8)12-4-11-5/h4H,2-3H2,1H3,(H2,10,13). The molecule has 1 atom stereocenters. The van der Waals surface area contributed by atoms with Gasteiger partial charge in [-0.1, -0.05) is 6.92 Å². The summed E-state index contributed by atoms with van der Waals surface area (Å²) in [7, 11) is 0. The lowest BCUT2D eigenvalue weighted by Gasteiger charge is -2.20. The summed E-state index contributed by atoms with van der Waals surface area (Å²) in [5.74, 6) is -1.63. The van der Waals surface area contributed by atoms with Crippen molar-refractivity contribution in [3.63, 3.8) is 0 Å². The summed E-state index contributed by atoms with van der Waals surface area (Å²) in [6, 6.07) is 0. The van der Waals surface area contributed by atoms with Gasteiger partial charge in [-0.25, -0.2) is 20.0 Å². The topological polar surface area (TPSA) is 75.5 Å². The highest BCUT2D eigenvalue weighted by Gasteiger charge is 2.35. The van der Waals surface area contributed by atoms with E-state index < -0.39 is 5.92 Å². The van der Waals surface area contributed by atoms with E-state index in [9.17, 15) is 4.39 Å². The third-order valence-electron chi connectivity index (χ3n) is 1.96. The molecule has 2 heterocycles. The molecule has 0 aromatic heterocycles. The molecule has 2 N–H and O–H groups in total. The molecule has 0 aromatic carbocycles. The van der Waals surface area contributed by atoms with Crippen LogP contribution in [-0.4, -0.2) is 29.6 Å². The van der Waals surface area contributed by atoms with Crippen LogP contribution in [0.2, 0.25) is 0 Å². The highest BCUT2D eigenvalue weighted by atomic mass is 19.1. The largest absolute Gasteiger partial charge is 0.382 e. The number of aliphatic imine (C=N–C) groups is 4. The van der Waals surface area contributed by atoms with Crippen molar-refractivity contribution in [3.05, 3.63) is 0 Å². The molecule has 74 valence electrons. The van der Waals surface area contributed by atoms with Gasteiger partial charge < -0.3 is 5.73 Å². The molecule has 0 saturated heterocycles. The lowest BCUT2D eigenvalue weighted by molar-refractivity contribution is 0.173. The van der Waals surface area contributed by atoms with E-state index in [-0.39, 0.29) is 18.1 Å².